The second kappa shape index (κ2) is 16.9. The second-order valence-electron chi connectivity index (χ2n) is 18.5. The summed E-state index contributed by atoms with van der Waals surface area (Å²) in [5.41, 5.74) is 15.1. The Balaban J connectivity index is 1.30. The van der Waals surface area contributed by atoms with Gasteiger partial charge < -0.3 is 9.80 Å². The van der Waals surface area contributed by atoms with Crippen molar-refractivity contribution in [3.05, 3.63) is 189 Å². The normalized spacial score (nSPS) is 12.0. The lowest BCUT2D eigenvalue weighted by atomic mass is 9.86. The zero-order chi connectivity index (χ0) is 43.2. The number of hydrogen-bond donors (Lipinski definition) is 0. The van der Waals surface area contributed by atoms with Gasteiger partial charge in [0, 0.05) is 26.8 Å². The fourth-order valence-electron chi connectivity index (χ4n) is 7.98. The molecule has 0 unspecified atom stereocenters. The number of fused-ring (bicyclic) bond motifs is 1. The van der Waals surface area contributed by atoms with Crippen LogP contribution in [0.15, 0.2) is 157 Å². The predicted molar refractivity (Wildman–Crippen MR) is 268 cm³/mol. The molecule has 2 nitrogen and oxygen atoms in total. The van der Waals surface area contributed by atoms with Crippen LogP contribution in [0.3, 0.4) is 0 Å². The zero-order valence-corrected chi connectivity index (χ0v) is 39.0. The van der Waals surface area contributed by atoms with E-state index in [0.29, 0.717) is 16.0 Å². The quantitative estimate of drug-likeness (QED) is 0.143. The fraction of sp³-hybridized carbons (Fsp3) is 0.214. The summed E-state index contributed by atoms with van der Waals surface area (Å²) in [5, 5.41) is 4.76. The minimum atomic E-state index is -0.0688. The first kappa shape index (κ1) is 42.4. The van der Waals surface area contributed by atoms with Crippen LogP contribution < -0.4 is 9.80 Å². The summed E-state index contributed by atoms with van der Waals surface area (Å²) in [6.07, 6.45) is 0. The SMILES string of the molecule is Cc1cc(N(c2ccc(-c3ccc(-c4ccccc4)cc3)cc2)c2ccc(C(C)(C)C)cc2Cl)c(Cl)c(N(c2ccc(C(C)C)cc2)c2csc3ccc(C(C)(C)C)cc23)c1. The molecule has 1 heterocycles. The Morgan fingerprint density at radius 1 is 0.492 bits per heavy atom. The lowest BCUT2D eigenvalue weighted by Crippen LogP contribution is -2.16. The highest BCUT2D eigenvalue weighted by molar-refractivity contribution is 7.17. The van der Waals surface area contributed by atoms with E-state index in [2.05, 4.69) is 229 Å². The van der Waals surface area contributed by atoms with Crippen LogP contribution in [0.2, 0.25) is 10.0 Å². The minimum absolute atomic E-state index is 0.00520. The van der Waals surface area contributed by atoms with Gasteiger partial charge in [-0.25, -0.2) is 0 Å². The van der Waals surface area contributed by atoms with E-state index in [0.717, 1.165) is 50.8 Å². The molecule has 0 aliphatic carbocycles. The first-order valence-electron chi connectivity index (χ1n) is 21.1. The Bertz CT molecular complexity index is 2810. The maximum Gasteiger partial charge on any atom is 0.0887 e. The molecule has 0 saturated heterocycles. The van der Waals surface area contributed by atoms with Gasteiger partial charge in [-0.05, 0) is 129 Å². The van der Waals surface area contributed by atoms with Gasteiger partial charge in [0.15, 0.2) is 0 Å². The van der Waals surface area contributed by atoms with Crippen molar-refractivity contribution in [2.75, 3.05) is 9.80 Å². The van der Waals surface area contributed by atoms with Gasteiger partial charge in [-0.3, -0.25) is 0 Å². The van der Waals surface area contributed by atoms with E-state index in [9.17, 15) is 0 Å². The van der Waals surface area contributed by atoms with E-state index in [1.165, 1.54) is 37.9 Å². The van der Waals surface area contributed by atoms with Crippen LogP contribution in [0, 0.1) is 6.92 Å². The Morgan fingerprint density at radius 3 is 1.49 bits per heavy atom. The molecule has 8 rings (SSSR count). The molecule has 0 aliphatic heterocycles. The monoisotopic (exact) mass is 856 g/mol. The van der Waals surface area contributed by atoms with Crippen molar-refractivity contribution in [3.8, 4) is 22.3 Å². The summed E-state index contributed by atoms with van der Waals surface area (Å²) in [6.45, 7) is 20.1. The van der Waals surface area contributed by atoms with Crippen molar-refractivity contribution in [1.29, 1.82) is 0 Å². The number of hydrogen-bond acceptors (Lipinski definition) is 3. The number of benzene rings is 7. The maximum atomic E-state index is 7.90. The van der Waals surface area contributed by atoms with Gasteiger partial charge in [-0.15, -0.1) is 11.3 Å². The molecule has 0 radical (unpaired) electrons. The van der Waals surface area contributed by atoms with Gasteiger partial charge in [-0.2, -0.15) is 0 Å². The summed E-state index contributed by atoms with van der Waals surface area (Å²) >= 11 is 17.0. The van der Waals surface area contributed by atoms with Crippen LogP contribution in [0.1, 0.15) is 83.6 Å². The van der Waals surface area contributed by atoms with Crippen molar-refractivity contribution < 1.29 is 0 Å². The summed E-state index contributed by atoms with van der Waals surface area (Å²) < 4.78 is 1.23. The van der Waals surface area contributed by atoms with Gasteiger partial charge in [0.25, 0.3) is 0 Å². The molecule has 308 valence electrons. The largest absolute Gasteiger partial charge is 0.307 e. The van der Waals surface area contributed by atoms with Gasteiger partial charge in [0.1, 0.15) is 0 Å². The Morgan fingerprint density at radius 2 is 0.967 bits per heavy atom. The molecule has 0 amide bonds. The summed E-state index contributed by atoms with van der Waals surface area (Å²) in [6, 6.07) is 54.7. The van der Waals surface area contributed by atoms with Crippen molar-refractivity contribution in [2.24, 2.45) is 0 Å². The maximum absolute atomic E-state index is 7.90. The van der Waals surface area contributed by atoms with Crippen molar-refractivity contribution >= 4 is 78.7 Å². The summed E-state index contributed by atoms with van der Waals surface area (Å²) in [5.74, 6) is 0.413. The van der Waals surface area contributed by atoms with Crippen molar-refractivity contribution in [3.63, 3.8) is 0 Å². The standard InChI is InChI=1S/C56H54Cl2N2S/c1-36(2)38-19-25-46(26-20-38)60(52-35-61-53-30-24-43(33-47(52)53)55(4,5)6)51-32-37(3)31-50(54(51)58)59(49-29-23-44(34-48(49)57)56(7,8)9)45-27-21-42(22-28-45)41-17-15-40(16-18-41)39-13-11-10-12-14-39/h10-36H,1-9H3. The Kier molecular flexibility index (Phi) is 11.7. The van der Waals surface area contributed by atoms with Gasteiger partial charge in [-0.1, -0.05) is 170 Å². The third-order valence-electron chi connectivity index (χ3n) is 11.6. The molecule has 0 N–H and O–H groups in total. The molecule has 0 spiro atoms. The topological polar surface area (TPSA) is 6.48 Å². The molecule has 1 aromatic heterocycles. The number of halogens is 2. The lowest BCUT2D eigenvalue weighted by molar-refractivity contribution is 0.590. The number of nitrogens with zero attached hydrogens (tertiary/aromatic N) is 2. The number of anilines is 6. The van der Waals surface area contributed by atoms with Crippen molar-refractivity contribution in [2.45, 2.75) is 79.1 Å². The molecule has 5 heteroatoms. The summed E-state index contributed by atoms with van der Waals surface area (Å²) in [7, 11) is 0. The molecule has 8 aromatic rings. The molecule has 7 aromatic carbocycles. The van der Waals surface area contributed by atoms with E-state index in [4.69, 9.17) is 23.2 Å². The Labute approximate surface area is 377 Å². The highest BCUT2D eigenvalue weighted by atomic mass is 35.5. The van der Waals surface area contributed by atoms with Gasteiger partial charge in [0.05, 0.1) is 32.8 Å². The van der Waals surface area contributed by atoms with E-state index >= 15 is 0 Å². The molecule has 0 saturated carbocycles. The fourth-order valence-corrected chi connectivity index (χ4v) is 9.43. The van der Waals surface area contributed by atoms with E-state index < -0.39 is 0 Å². The van der Waals surface area contributed by atoms with Crippen LogP contribution in [0.25, 0.3) is 32.3 Å². The number of aryl methyl sites for hydroxylation is 1. The van der Waals surface area contributed by atoms with Gasteiger partial charge >= 0.3 is 0 Å². The third kappa shape index (κ3) is 8.75. The molecule has 0 fully saturated rings. The summed E-state index contributed by atoms with van der Waals surface area (Å²) in [4.78, 5) is 4.57. The molecule has 0 aliphatic rings. The zero-order valence-electron chi connectivity index (χ0n) is 36.6. The predicted octanol–water partition coefficient (Wildman–Crippen LogP) is 18.5. The smallest absolute Gasteiger partial charge is 0.0887 e. The number of thiophene rings is 1. The van der Waals surface area contributed by atoms with Crippen LogP contribution in [-0.2, 0) is 10.8 Å². The molecule has 61 heavy (non-hydrogen) atoms. The molecular weight excluding hydrogens is 804 g/mol. The molecular formula is C56H54Cl2N2S. The van der Waals surface area contributed by atoms with E-state index in [1.54, 1.807) is 11.3 Å². The lowest BCUT2D eigenvalue weighted by Gasteiger charge is -2.32. The molecule has 0 atom stereocenters. The van der Waals surface area contributed by atoms with Gasteiger partial charge in [0.2, 0.25) is 0 Å². The van der Waals surface area contributed by atoms with Crippen LogP contribution in [0.4, 0.5) is 34.1 Å². The highest BCUT2D eigenvalue weighted by Gasteiger charge is 2.27. The average molecular weight is 858 g/mol. The van der Waals surface area contributed by atoms with Crippen molar-refractivity contribution in [1.82, 2.24) is 0 Å². The molecule has 0 bridgehead atoms. The minimum Gasteiger partial charge on any atom is -0.307 e. The first-order chi connectivity index (χ1) is 29.1. The number of rotatable bonds is 9. The average Bonchev–Trinajstić information content (AvgIpc) is 3.66. The van der Waals surface area contributed by atoms with Crippen LogP contribution >= 0.6 is 34.5 Å². The van der Waals surface area contributed by atoms with Crippen LogP contribution in [-0.4, -0.2) is 0 Å². The van der Waals surface area contributed by atoms with Crippen LogP contribution in [0.5, 0.6) is 0 Å². The third-order valence-corrected chi connectivity index (χ3v) is 13.3. The van der Waals surface area contributed by atoms with E-state index in [-0.39, 0.29) is 10.8 Å². The highest BCUT2D eigenvalue weighted by Crippen LogP contribution is 2.51. The first-order valence-corrected chi connectivity index (χ1v) is 22.8. The Hall–Kier alpha value is -5.32. The second-order valence-corrected chi connectivity index (χ2v) is 20.2. The van der Waals surface area contributed by atoms with E-state index in [1.807, 2.05) is 0 Å².